The summed E-state index contributed by atoms with van der Waals surface area (Å²) in [5.74, 6) is 0.363. The molecule has 2 amide bonds. The molecule has 144 valence electrons. The molecule has 1 aliphatic heterocycles. The Morgan fingerprint density at radius 3 is 2.63 bits per heavy atom. The van der Waals surface area contributed by atoms with E-state index < -0.39 is 5.82 Å². The number of hydrogen-bond donors (Lipinski definition) is 1. The number of ether oxygens (including phenoxy) is 1. The van der Waals surface area contributed by atoms with Crippen molar-refractivity contribution in [1.29, 1.82) is 0 Å². The first-order valence-electron chi connectivity index (χ1n) is 8.54. The van der Waals surface area contributed by atoms with E-state index in [9.17, 15) is 14.0 Å². The number of piperazine rings is 1. The minimum absolute atomic E-state index is 0.192. The van der Waals surface area contributed by atoms with E-state index in [1.165, 1.54) is 25.3 Å². The number of nitrogens with zero attached hydrogens (tertiary/aromatic N) is 3. The molecule has 0 bridgehead atoms. The van der Waals surface area contributed by atoms with Gasteiger partial charge in [-0.2, -0.15) is 0 Å². The van der Waals surface area contributed by atoms with Crippen molar-refractivity contribution in [3.05, 3.63) is 41.4 Å². The van der Waals surface area contributed by atoms with Gasteiger partial charge in [-0.25, -0.2) is 4.39 Å². The lowest BCUT2D eigenvalue weighted by Crippen LogP contribution is -2.50. The summed E-state index contributed by atoms with van der Waals surface area (Å²) < 4.78 is 23.6. The Labute approximate surface area is 155 Å². The highest BCUT2D eigenvalue weighted by molar-refractivity contribution is 5.97. The maximum absolute atomic E-state index is 13.5. The minimum atomic E-state index is -0.488. The summed E-state index contributed by atoms with van der Waals surface area (Å²) >= 11 is 0. The first kappa shape index (κ1) is 18.8. The molecule has 0 radical (unpaired) electrons. The third kappa shape index (κ3) is 4.62. The molecule has 0 unspecified atom stereocenters. The van der Waals surface area contributed by atoms with E-state index >= 15 is 0 Å². The summed E-state index contributed by atoms with van der Waals surface area (Å²) in [6.45, 7) is 3.89. The molecule has 1 aliphatic rings. The van der Waals surface area contributed by atoms with Gasteiger partial charge in [0.15, 0.2) is 5.82 Å². The van der Waals surface area contributed by atoms with Crippen LogP contribution >= 0.6 is 0 Å². The van der Waals surface area contributed by atoms with Crippen LogP contribution in [0.25, 0.3) is 0 Å². The zero-order chi connectivity index (χ0) is 19.4. The van der Waals surface area contributed by atoms with Gasteiger partial charge in [0.2, 0.25) is 5.91 Å². The van der Waals surface area contributed by atoms with E-state index in [1.54, 1.807) is 17.9 Å². The molecular formula is C18H21FN4O4. The predicted molar refractivity (Wildman–Crippen MR) is 95.2 cm³/mol. The van der Waals surface area contributed by atoms with Crippen LogP contribution in [0.5, 0.6) is 5.75 Å². The molecule has 3 rings (SSSR count). The molecule has 0 spiro atoms. The van der Waals surface area contributed by atoms with Crippen molar-refractivity contribution in [1.82, 2.24) is 15.0 Å². The van der Waals surface area contributed by atoms with Crippen molar-refractivity contribution in [2.24, 2.45) is 0 Å². The zero-order valence-corrected chi connectivity index (χ0v) is 15.2. The Morgan fingerprint density at radius 1 is 1.26 bits per heavy atom. The summed E-state index contributed by atoms with van der Waals surface area (Å²) in [4.78, 5) is 28.3. The molecule has 8 nitrogen and oxygen atoms in total. The van der Waals surface area contributed by atoms with Crippen molar-refractivity contribution >= 4 is 17.6 Å². The lowest BCUT2D eigenvalue weighted by atomic mass is 10.1. The van der Waals surface area contributed by atoms with Crippen LogP contribution in [-0.4, -0.2) is 66.6 Å². The maximum Gasteiger partial charge on any atom is 0.257 e. The fourth-order valence-corrected chi connectivity index (χ4v) is 2.94. The lowest BCUT2D eigenvalue weighted by Gasteiger charge is -2.34. The number of amides is 2. The van der Waals surface area contributed by atoms with E-state index in [0.717, 1.165) is 0 Å². The average molecular weight is 376 g/mol. The predicted octanol–water partition coefficient (Wildman–Crippen LogP) is 1.53. The number of hydrogen-bond acceptors (Lipinski definition) is 6. The molecule has 27 heavy (non-hydrogen) atoms. The van der Waals surface area contributed by atoms with Gasteiger partial charge in [-0.05, 0) is 25.1 Å². The van der Waals surface area contributed by atoms with Gasteiger partial charge in [0.05, 0.1) is 19.2 Å². The number of aryl methyl sites for hydroxylation is 1. The summed E-state index contributed by atoms with van der Waals surface area (Å²) in [6.07, 6.45) is 0. The Bertz CT molecular complexity index is 831. The van der Waals surface area contributed by atoms with Crippen molar-refractivity contribution < 1.29 is 23.2 Å². The Morgan fingerprint density at radius 2 is 2.00 bits per heavy atom. The highest BCUT2D eigenvalue weighted by atomic mass is 19.1. The molecule has 0 aliphatic carbocycles. The molecule has 2 heterocycles. The number of nitrogens with one attached hydrogen (secondary N) is 1. The maximum atomic E-state index is 13.5. The molecule has 1 fully saturated rings. The van der Waals surface area contributed by atoms with Gasteiger partial charge < -0.3 is 19.5 Å². The summed E-state index contributed by atoms with van der Waals surface area (Å²) in [7, 11) is 1.44. The van der Waals surface area contributed by atoms with Crippen molar-refractivity contribution in [3.63, 3.8) is 0 Å². The first-order valence-corrected chi connectivity index (χ1v) is 8.54. The SMILES string of the molecule is COc1ccc(F)cc1C(=O)N1CCN(CC(=O)Nc2cc(C)on2)CC1. The number of halogens is 1. The summed E-state index contributed by atoms with van der Waals surface area (Å²) in [6, 6.07) is 5.51. The molecule has 0 saturated carbocycles. The van der Waals surface area contributed by atoms with Crippen LogP contribution in [0.4, 0.5) is 10.2 Å². The number of aromatic nitrogens is 1. The average Bonchev–Trinajstić information content (AvgIpc) is 3.06. The van der Waals surface area contributed by atoms with Crippen LogP contribution in [0.2, 0.25) is 0 Å². The summed E-state index contributed by atoms with van der Waals surface area (Å²) in [5, 5.41) is 6.39. The molecule has 9 heteroatoms. The van der Waals surface area contributed by atoms with E-state index in [2.05, 4.69) is 10.5 Å². The normalized spacial score (nSPS) is 14.9. The minimum Gasteiger partial charge on any atom is -0.496 e. The second-order valence-corrected chi connectivity index (χ2v) is 6.28. The standard InChI is InChI=1S/C18H21FN4O4/c1-12-9-16(21-27-12)20-17(24)11-22-5-7-23(8-6-22)18(25)14-10-13(19)3-4-15(14)26-2/h3-4,9-10H,5-8,11H2,1-2H3,(H,20,21,24). The number of carbonyl (C=O) groups excluding carboxylic acids is 2. The van der Waals surface area contributed by atoms with Gasteiger partial charge in [0.25, 0.3) is 5.91 Å². The van der Waals surface area contributed by atoms with Crippen LogP contribution in [0.1, 0.15) is 16.1 Å². The third-order valence-corrected chi connectivity index (χ3v) is 4.31. The summed E-state index contributed by atoms with van der Waals surface area (Å²) in [5.41, 5.74) is 0.199. The van der Waals surface area contributed by atoms with Crippen LogP contribution in [0, 0.1) is 12.7 Å². The van der Waals surface area contributed by atoms with Crippen LogP contribution in [-0.2, 0) is 4.79 Å². The quantitative estimate of drug-likeness (QED) is 0.851. The largest absolute Gasteiger partial charge is 0.496 e. The van der Waals surface area contributed by atoms with Crippen molar-refractivity contribution in [2.45, 2.75) is 6.92 Å². The zero-order valence-electron chi connectivity index (χ0n) is 15.2. The van der Waals surface area contributed by atoms with Crippen molar-refractivity contribution in [2.75, 3.05) is 45.2 Å². The lowest BCUT2D eigenvalue weighted by molar-refractivity contribution is -0.117. The Balaban J connectivity index is 1.53. The second-order valence-electron chi connectivity index (χ2n) is 6.28. The molecule has 2 aromatic rings. The van der Waals surface area contributed by atoms with Crippen LogP contribution in [0.3, 0.4) is 0 Å². The second kappa shape index (κ2) is 8.17. The van der Waals surface area contributed by atoms with Crippen LogP contribution < -0.4 is 10.1 Å². The third-order valence-electron chi connectivity index (χ3n) is 4.31. The first-order chi connectivity index (χ1) is 13.0. The fraction of sp³-hybridized carbons (Fsp3) is 0.389. The highest BCUT2D eigenvalue weighted by Crippen LogP contribution is 2.21. The van der Waals surface area contributed by atoms with Crippen LogP contribution in [0.15, 0.2) is 28.8 Å². The number of benzene rings is 1. The van der Waals surface area contributed by atoms with Gasteiger partial charge >= 0.3 is 0 Å². The van der Waals surface area contributed by atoms with Gasteiger partial charge in [-0.3, -0.25) is 14.5 Å². The van der Waals surface area contributed by atoms with E-state index in [4.69, 9.17) is 9.26 Å². The van der Waals surface area contributed by atoms with E-state index in [-0.39, 0.29) is 23.9 Å². The van der Waals surface area contributed by atoms with Gasteiger partial charge in [-0.1, -0.05) is 5.16 Å². The fourth-order valence-electron chi connectivity index (χ4n) is 2.94. The number of carbonyl (C=O) groups is 2. The Hall–Kier alpha value is -2.94. The van der Waals surface area contributed by atoms with E-state index in [1.807, 2.05) is 4.90 Å². The topological polar surface area (TPSA) is 87.9 Å². The Kier molecular flexibility index (Phi) is 5.70. The van der Waals surface area contributed by atoms with Gasteiger partial charge in [0.1, 0.15) is 17.3 Å². The van der Waals surface area contributed by atoms with Gasteiger partial charge in [-0.15, -0.1) is 0 Å². The number of rotatable bonds is 5. The van der Waals surface area contributed by atoms with Gasteiger partial charge in [0, 0.05) is 32.2 Å². The number of methoxy groups -OCH3 is 1. The van der Waals surface area contributed by atoms with Crippen molar-refractivity contribution in [3.8, 4) is 5.75 Å². The molecular weight excluding hydrogens is 355 g/mol. The molecule has 1 aromatic carbocycles. The highest BCUT2D eigenvalue weighted by Gasteiger charge is 2.25. The van der Waals surface area contributed by atoms with E-state index in [0.29, 0.717) is 43.5 Å². The molecule has 1 N–H and O–H groups in total. The monoisotopic (exact) mass is 376 g/mol. The molecule has 0 atom stereocenters. The molecule has 1 aromatic heterocycles. The number of anilines is 1. The molecule has 1 saturated heterocycles. The smallest absolute Gasteiger partial charge is 0.257 e.